The van der Waals surface area contributed by atoms with Gasteiger partial charge in [0.2, 0.25) is 0 Å². The second-order valence-electron chi connectivity index (χ2n) is 7.61. The number of rotatable bonds is 4. The minimum absolute atomic E-state index is 0.137. The fraction of sp³-hybridized carbons (Fsp3) is 0.375. The van der Waals surface area contributed by atoms with E-state index in [0.717, 1.165) is 55.1 Å². The third kappa shape index (κ3) is 4.99. The van der Waals surface area contributed by atoms with Crippen LogP contribution in [0.25, 0.3) is 0 Å². The zero-order valence-corrected chi connectivity index (χ0v) is 15.7. The molecular formula is C24H26N2O. The van der Waals surface area contributed by atoms with Crippen LogP contribution in [0.2, 0.25) is 0 Å². The molecule has 1 heterocycles. The summed E-state index contributed by atoms with van der Waals surface area (Å²) in [4.78, 5) is 14.7. The predicted molar refractivity (Wildman–Crippen MR) is 109 cm³/mol. The third-order valence-corrected chi connectivity index (χ3v) is 5.43. The Balaban J connectivity index is 1.31. The highest BCUT2D eigenvalue weighted by Crippen LogP contribution is 2.28. The summed E-state index contributed by atoms with van der Waals surface area (Å²) in [5, 5.41) is 3.66. The molecule has 1 saturated heterocycles. The minimum atomic E-state index is 0.137. The number of hydrogen-bond acceptors (Lipinski definition) is 2. The molecule has 0 unspecified atom stereocenters. The second-order valence-corrected chi connectivity index (χ2v) is 7.61. The molecule has 1 amide bonds. The second kappa shape index (κ2) is 8.41. The van der Waals surface area contributed by atoms with Gasteiger partial charge in [-0.3, -0.25) is 4.79 Å². The fourth-order valence-corrected chi connectivity index (χ4v) is 3.49. The van der Waals surface area contributed by atoms with Crippen LogP contribution < -0.4 is 5.32 Å². The van der Waals surface area contributed by atoms with Crippen molar-refractivity contribution in [3.05, 3.63) is 71.3 Å². The highest BCUT2D eigenvalue weighted by Gasteiger charge is 2.26. The van der Waals surface area contributed by atoms with Crippen LogP contribution in [0, 0.1) is 17.8 Å². The van der Waals surface area contributed by atoms with E-state index in [1.807, 2.05) is 59.5 Å². The van der Waals surface area contributed by atoms with Gasteiger partial charge in [-0.1, -0.05) is 30.0 Å². The Hall–Kier alpha value is -2.57. The first kappa shape index (κ1) is 17.8. The first-order valence-corrected chi connectivity index (χ1v) is 9.98. The van der Waals surface area contributed by atoms with Gasteiger partial charge in [0.05, 0.1) is 0 Å². The highest BCUT2D eigenvalue weighted by molar-refractivity contribution is 5.94. The number of nitrogens with one attached hydrogen (secondary N) is 1. The topological polar surface area (TPSA) is 32.3 Å². The van der Waals surface area contributed by atoms with Crippen molar-refractivity contribution < 1.29 is 4.79 Å². The van der Waals surface area contributed by atoms with Gasteiger partial charge < -0.3 is 10.2 Å². The van der Waals surface area contributed by atoms with Crippen LogP contribution in [0.3, 0.4) is 0 Å². The van der Waals surface area contributed by atoms with Gasteiger partial charge in [-0.05, 0) is 74.5 Å². The molecule has 0 aromatic heterocycles. The van der Waals surface area contributed by atoms with Crippen LogP contribution in [0.15, 0.2) is 54.6 Å². The Bertz CT molecular complexity index is 820. The first-order chi connectivity index (χ1) is 13.3. The Labute approximate surface area is 161 Å². The van der Waals surface area contributed by atoms with Crippen LogP contribution in [-0.4, -0.2) is 36.5 Å². The van der Waals surface area contributed by atoms with Crippen molar-refractivity contribution in [2.75, 3.05) is 19.6 Å². The number of amides is 1. The van der Waals surface area contributed by atoms with Crippen LogP contribution >= 0.6 is 0 Å². The van der Waals surface area contributed by atoms with E-state index in [-0.39, 0.29) is 5.91 Å². The molecule has 2 fully saturated rings. The quantitative estimate of drug-likeness (QED) is 0.846. The zero-order chi connectivity index (χ0) is 18.5. The molecule has 1 saturated carbocycles. The van der Waals surface area contributed by atoms with E-state index in [4.69, 9.17) is 0 Å². The molecule has 4 rings (SSSR count). The fourth-order valence-electron chi connectivity index (χ4n) is 3.49. The van der Waals surface area contributed by atoms with Gasteiger partial charge in [0.1, 0.15) is 0 Å². The van der Waals surface area contributed by atoms with Gasteiger partial charge in [-0.2, -0.15) is 0 Å². The van der Waals surface area contributed by atoms with Crippen molar-refractivity contribution in [3.8, 4) is 11.8 Å². The lowest BCUT2D eigenvalue weighted by Gasteiger charge is -2.32. The lowest BCUT2D eigenvalue weighted by molar-refractivity contribution is 0.0705. The Morgan fingerprint density at radius 1 is 0.889 bits per heavy atom. The number of likely N-dealkylation sites (tertiary alicyclic amines) is 1. The van der Waals surface area contributed by atoms with Crippen molar-refractivity contribution >= 4 is 5.91 Å². The molecule has 0 bridgehead atoms. The molecule has 1 aliphatic heterocycles. The number of piperidine rings is 1. The minimum Gasteiger partial charge on any atom is -0.339 e. The van der Waals surface area contributed by atoms with E-state index in [1.54, 1.807) is 0 Å². The van der Waals surface area contributed by atoms with E-state index in [9.17, 15) is 4.79 Å². The van der Waals surface area contributed by atoms with Crippen molar-refractivity contribution in [2.24, 2.45) is 5.92 Å². The first-order valence-electron chi connectivity index (χ1n) is 9.98. The molecule has 138 valence electrons. The largest absolute Gasteiger partial charge is 0.339 e. The van der Waals surface area contributed by atoms with Crippen molar-refractivity contribution in [1.82, 2.24) is 10.2 Å². The van der Waals surface area contributed by atoms with Crippen LogP contribution in [0.4, 0.5) is 0 Å². The van der Waals surface area contributed by atoms with Gasteiger partial charge in [0, 0.05) is 35.8 Å². The van der Waals surface area contributed by atoms with Crippen LogP contribution in [0.1, 0.15) is 47.2 Å². The maximum absolute atomic E-state index is 12.7. The molecule has 3 nitrogen and oxygen atoms in total. The monoisotopic (exact) mass is 358 g/mol. The van der Waals surface area contributed by atoms with Gasteiger partial charge >= 0.3 is 0 Å². The summed E-state index contributed by atoms with van der Waals surface area (Å²) in [6.45, 7) is 2.84. The third-order valence-electron chi connectivity index (χ3n) is 5.43. The SMILES string of the molecule is O=C(c1ccc(C#Cc2ccccc2)cc1)N1CCC(NCC2CC2)CC1. The van der Waals surface area contributed by atoms with E-state index in [2.05, 4.69) is 17.2 Å². The Morgan fingerprint density at radius 2 is 1.52 bits per heavy atom. The lowest BCUT2D eigenvalue weighted by Crippen LogP contribution is -2.45. The predicted octanol–water partition coefficient (Wildman–Crippen LogP) is 3.69. The highest BCUT2D eigenvalue weighted by atomic mass is 16.2. The summed E-state index contributed by atoms with van der Waals surface area (Å²) in [6.07, 6.45) is 4.88. The molecule has 2 aromatic rings. The molecule has 2 aliphatic rings. The maximum atomic E-state index is 12.7. The molecule has 0 spiro atoms. The van der Waals surface area contributed by atoms with E-state index < -0.39 is 0 Å². The Morgan fingerprint density at radius 3 is 2.15 bits per heavy atom. The molecule has 1 aliphatic carbocycles. The summed E-state index contributed by atoms with van der Waals surface area (Å²) in [5.41, 5.74) is 2.68. The van der Waals surface area contributed by atoms with Crippen molar-refractivity contribution in [3.63, 3.8) is 0 Å². The lowest BCUT2D eigenvalue weighted by atomic mass is 10.0. The van der Waals surface area contributed by atoms with Crippen LogP contribution in [0.5, 0.6) is 0 Å². The smallest absolute Gasteiger partial charge is 0.253 e. The van der Waals surface area contributed by atoms with Gasteiger partial charge in [-0.15, -0.1) is 0 Å². The van der Waals surface area contributed by atoms with Gasteiger partial charge in [0.25, 0.3) is 5.91 Å². The average Bonchev–Trinajstić information content (AvgIpc) is 3.56. The maximum Gasteiger partial charge on any atom is 0.253 e. The molecule has 2 aromatic carbocycles. The molecular weight excluding hydrogens is 332 g/mol. The number of carbonyl (C=O) groups excluding carboxylic acids is 1. The molecule has 0 radical (unpaired) electrons. The van der Waals surface area contributed by atoms with E-state index >= 15 is 0 Å². The van der Waals surface area contributed by atoms with E-state index in [1.165, 1.54) is 12.8 Å². The number of benzene rings is 2. The molecule has 27 heavy (non-hydrogen) atoms. The summed E-state index contributed by atoms with van der Waals surface area (Å²) >= 11 is 0. The summed E-state index contributed by atoms with van der Waals surface area (Å²) in [5.74, 6) is 7.35. The Kier molecular flexibility index (Phi) is 5.55. The standard InChI is InChI=1S/C24H26N2O/c27-24(26-16-14-23(15-17-26)25-18-21-8-9-21)22-12-10-20(11-13-22)7-6-19-4-2-1-3-5-19/h1-5,10-13,21,23,25H,8-9,14-18H2. The molecule has 1 N–H and O–H groups in total. The summed E-state index contributed by atoms with van der Waals surface area (Å²) in [6, 6.07) is 18.2. The van der Waals surface area contributed by atoms with Gasteiger partial charge in [-0.25, -0.2) is 0 Å². The summed E-state index contributed by atoms with van der Waals surface area (Å²) < 4.78 is 0. The number of hydrogen-bond donors (Lipinski definition) is 1. The average molecular weight is 358 g/mol. The van der Waals surface area contributed by atoms with Crippen LogP contribution in [-0.2, 0) is 0 Å². The number of carbonyl (C=O) groups is 1. The molecule has 0 atom stereocenters. The molecule has 3 heteroatoms. The zero-order valence-electron chi connectivity index (χ0n) is 15.7. The van der Waals surface area contributed by atoms with E-state index in [0.29, 0.717) is 6.04 Å². The normalized spacial score (nSPS) is 17.3. The van der Waals surface area contributed by atoms with Crippen molar-refractivity contribution in [2.45, 2.75) is 31.7 Å². The summed E-state index contributed by atoms with van der Waals surface area (Å²) in [7, 11) is 0. The van der Waals surface area contributed by atoms with Gasteiger partial charge in [0.15, 0.2) is 0 Å². The number of nitrogens with zero attached hydrogens (tertiary/aromatic N) is 1. The van der Waals surface area contributed by atoms with Crippen molar-refractivity contribution in [1.29, 1.82) is 0 Å².